The van der Waals surface area contributed by atoms with E-state index in [0.717, 1.165) is 83.6 Å². The van der Waals surface area contributed by atoms with E-state index in [2.05, 4.69) is 5.32 Å². The van der Waals surface area contributed by atoms with Crippen LogP contribution in [0.25, 0.3) is 32.3 Å². The molecule has 0 fully saturated rings. The molecule has 3 heterocycles. The van der Waals surface area contributed by atoms with Gasteiger partial charge in [0.25, 0.3) is 0 Å². The van der Waals surface area contributed by atoms with Crippen molar-refractivity contribution in [2.24, 2.45) is 0 Å². The summed E-state index contributed by atoms with van der Waals surface area (Å²) in [6.45, 7) is 18.8. The highest BCUT2D eigenvalue weighted by molar-refractivity contribution is 6.20. The van der Waals surface area contributed by atoms with Crippen LogP contribution < -0.4 is 35.1 Å². The molecule has 3 aliphatic heterocycles. The van der Waals surface area contributed by atoms with Gasteiger partial charge >= 0.3 is 24.1 Å². The molecule has 450 valence electrons. The number of carbonyl (C=O) groups is 6. The lowest BCUT2D eigenvalue weighted by Crippen LogP contribution is -2.36. The zero-order chi connectivity index (χ0) is 60.9. The largest absolute Gasteiger partial charge is 0.488 e. The Morgan fingerprint density at radius 1 is 0.529 bits per heavy atom. The zero-order valence-corrected chi connectivity index (χ0v) is 52.5. The van der Waals surface area contributed by atoms with Gasteiger partial charge in [0.1, 0.15) is 46.6 Å². The Morgan fingerprint density at radius 2 is 0.965 bits per heavy atom. The van der Waals surface area contributed by atoms with Crippen LogP contribution in [0.3, 0.4) is 0 Å². The third-order valence-electron chi connectivity index (χ3n) is 14.1. The zero-order valence-electron chi connectivity index (χ0n) is 49.4. The van der Waals surface area contributed by atoms with E-state index in [1.54, 1.807) is 38.7 Å². The van der Waals surface area contributed by atoms with Crippen molar-refractivity contribution >= 4 is 138 Å². The summed E-state index contributed by atoms with van der Waals surface area (Å²) in [5, 5.41) is 8.64. The maximum absolute atomic E-state index is 13.0. The van der Waals surface area contributed by atoms with Crippen molar-refractivity contribution in [3.05, 3.63) is 137 Å². The third-order valence-corrected chi connectivity index (χ3v) is 15.2. The topological polar surface area (TPSA) is 193 Å². The number of amides is 2. The maximum Gasteiger partial charge on any atom is 0.414 e. The van der Waals surface area contributed by atoms with E-state index in [1.807, 2.05) is 118 Å². The first-order valence-corrected chi connectivity index (χ1v) is 29.4. The molecular weight excluding hydrogens is 1170 g/mol. The van der Waals surface area contributed by atoms with Crippen LogP contribution in [-0.4, -0.2) is 84.2 Å². The van der Waals surface area contributed by atoms with Gasteiger partial charge in [-0.15, -0.1) is 47.2 Å². The van der Waals surface area contributed by atoms with E-state index in [1.165, 1.54) is 25.7 Å². The lowest BCUT2D eigenvalue weighted by atomic mass is 9.93. The average molecular weight is 1240 g/mol. The van der Waals surface area contributed by atoms with Gasteiger partial charge in [-0.1, -0.05) is 66.7 Å². The fourth-order valence-electron chi connectivity index (χ4n) is 10.9. The van der Waals surface area contributed by atoms with E-state index in [-0.39, 0.29) is 47.7 Å². The molecule has 0 saturated carbocycles. The average Bonchev–Trinajstić information content (AvgIpc) is 4.33. The molecule has 0 aliphatic carbocycles. The molecular formula is C66H72Cl4N4O11. The Balaban J connectivity index is 0.000000184. The first-order chi connectivity index (χ1) is 39.8. The number of carbonyl (C=O) groups excluding carboxylic acids is 6. The Labute approximate surface area is 517 Å². The van der Waals surface area contributed by atoms with Gasteiger partial charge in [-0.05, 0) is 123 Å². The van der Waals surface area contributed by atoms with Gasteiger partial charge in [-0.25, -0.2) is 9.59 Å². The minimum absolute atomic E-state index is 0. The van der Waals surface area contributed by atoms with Gasteiger partial charge < -0.3 is 34.7 Å². The van der Waals surface area contributed by atoms with Crippen LogP contribution in [0.2, 0.25) is 0 Å². The van der Waals surface area contributed by atoms with E-state index in [9.17, 15) is 28.8 Å². The number of ether oxygens (including phenoxy) is 5. The minimum Gasteiger partial charge on any atom is -0.488 e. The fraction of sp³-hybridized carbons (Fsp3) is 0.364. The molecule has 0 bridgehead atoms. The van der Waals surface area contributed by atoms with Gasteiger partial charge in [0, 0.05) is 127 Å². The van der Waals surface area contributed by atoms with Crippen LogP contribution in [0.1, 0.15) is 120 Å². The van der Waals surface area contributed by atoms with Gasteiger partial charge in [-0.2, -0.15) is 0 Å². The maximum atomic E-state index is 13.0. The number of rotatable bonds is 12. The van der Waals surface area contributed by atoms with Gasteiger partial charge in [0.2, 0.25) is 0 Å². The normalized spacial score (nSPS) is 15.7. The van der Waals surface area contributed by atoms with Crippen LogP contribution in [-0.2, 0) is 48.1 Å². The Kier molecular flexibility index (Phi) is 21.0. The number of benzene rings is 7. The fourth-order valence-corrected chi connectivity index (χ4v) is 11.6. The van der Waals surface area contributed by atoms with Crippen molar-refractivity contribution < 1.29 is 52.5 Å². The number of nitrogens with zero attached hydrogens (tertiary/aromatic N) is 2. The quantitative estimate of drug-likeness (QED) is 0.0508. The van der Waals surface area contributed by atoms with Crippen molar-refractivity contribution in [1.29, 1.82) is 0 Å². The molecule has 3 atom stereocenters. The number of nitrogens with one attached hydrogen (secondary N) is 1. The number of esters is 2. The van der Waals surface area contributed by atoms with Gasteiger partial charge in [0.05, 0.1) is 11.4 Å². The minimum atomic E-state index is -0.652. The second kappa shape index (κ2) is 27.4. The molecule has 85 heavy (non-hydrogen) atoms. The first-order valence-electron chi connectivity index (χ1n) is 27.8. The van der Waals surface area contributed by atoms with Crippen molar-refractivity contribution in [2.75, 3.05) is 58.1 Å². The number of nitrogens with two attached hydrogens (primary N) is 1. The number of hydrogen-bond donors (Lipinski definition) is 2. The van der Waals surface area contributed by atoms with Crippen molar-refractivity contribution in [2.45, 2.75) is 118 Å². The number of Topliss-reactive ketones (excluding diaryl/α,β-unsaturated/α-hetero) is 2. The Morgan fingerprint density at radius 3 is 1.42 bits per heavy atom. The summed E-state index contributed by atoms with van der Waals surface area (Å²) in [5.74, 6) is 2.21. The molecule has 3 aliphatic rings. The highest BCUT2D eigenvalue weighted by atomic mass is 35.5. The molecule has 0 aromatic heterocycles. The van der Waals surface area contributed by atoms with E-state index < -0.39 is 29.4 Å². The van der Waals surface area contributed by atoms with Gasteiger partial charge in [-0.3, -0.25) is 29.0 Å². The monoisotopic (exact) mass is 1240 g/mol. The molecule has 0 saturated heterocycles. The van der Waals surface area contributed by atoms with Crippen LogP contribution in [0.4, 0.5) is 32.3 Å². The summed E-state index contributed by atoms with van der Waals surface area (Å²) < 4.78 is 28.3. The summed E-state index contributed by atoms with van der Waals surface area (Å²) in [6, 6.07) is 32.6. The number of halogens is 4. The molecule has 15 nitrogen and oxygen atoms in total. The predicted octanol–water partition coefficient (Wildman–Crippen LogP) is 15.1. The number of anilines is 4. The summed E-state index contributed by atoms with van der Waals surface area (Å²) >= 11 is 18.7. The molecule has 0 radical (unpaired) electrons. The SMILES string of the molecule is CC(=O)Cc1ccc2c(OC(C)=O)cc3c(c2c1)[C@@H](CCl)CN3.CC(=O)Cc1ccc2c(OC(C)=O)cc3c(c2c1)[C@@H](CCl)CN3C(=O)OC(C)(C)C.CC(C)(C)OC(=O)N1C[C@H](CCl)c2c1cc(OCc1ccccc1)c1ccc(N)cc21.Cl. The molecule has 7 aromatic rings. The second-order valence-corrected chi connectivity index (χ2v) is 24.3. The molecule has 10 rings (SSSR count). The van der Waals surface area contributed by atoms with Crippen molar-refractivity contribution in [3.63, 3.8) is 0 Å². The molecule has 0 spiro atoms. The predicted molar refractivity (Wildman–Crippen MR) is 342 cm³/mol. The van der Waals surface area contributed by atoms with Gasteiger partial charge in [0.15, 0.2) is 0 Å². The summed E-state index contributed by atoms with van der Waals surface area (Å²) in [4.78, 5) is 75.2. The number of fused-ring (bicyclic) bond motifs is 9. The van der Waals surface area contributed by atoms with Crippen LogP contribution >= 0.6 is 47.2 Å². The molecule has 0 unspecified atom stereocenters. The summed E-state index contributed by atoms with van der Waals surface area (Å²) in [6.07, 6.45) is -0.186. The number of ketones is 2. The second-order valence-electron chi connectivity index (χ2n) is 23.4. The standard InChI is InChI=1S/C25H27ClN2O3.C23H26ClNO5.C18H18ClNO3.ClH/c1-25(2,3)31-24(29)28-14-17(13-26)23-20-11-18(27)9-10-19(20)22(12-21(23)28)30-15-16-7-5-4-6-8-16;1-13(26)8-15-6-7-17-18(9-15)21-16(11-24)12-25(22(28)30-23(3,4)5)19(21)10-20(17)29-14(2)27;1-10(21)5-12-3-4-14-15(6-12)18-13(8-19)9-20-16(18)7-17(14)23-11(2)22;/h4-12,17H,13-15,27H2,1-3H3;6-7,9-10,16H,8,11-12H2,1-5H3;3-4,6-7,13,20H,5,8-9H2,1-2H3;1H/t17-;16-;13-;/m000./s1. The Bertz CT molecular complexity index is 3690. The smallest absolute Gasteiger partial charge is 0.414 e. The molecule has 7 aromatic carbocycles. The van der Waals surface area contributed by atoms with E-state index in [0.29, 0.717) is 78.8 Å². The van der Waals surface area contributed by atoms with E-state index in [4.69, 9.17) is 64.2 Å². The molecule has 19 heteroatoms. The van der Waals surface area contributed by atoms with Crippen molar-refractivity contribution in [1.82, 2.24) is 0 Å². The highest BCUT2D eigenvalue weighted by Gasteiger charge is 2.39. The van der Waals surface area contributed by atoms with E-state index >= 15 is 0 Å². The Hall–Kier alpha value is -7.30. The number of nitrogen functional groups attached to an aromatic ring is 1. The first kappa shape index (κ1) is 65.2. The molecule has 2 amide bonds. The number of alkyl halides is 3. The molecule has 3 N–H and O–H groups in total. The lowest BCUT2D eigenvalue weighted by molar-refractivity contribution is -0.132. The third kappa shape index (κ3) is 15.6. The lowest BCUT2D eigenvalue weighted by Gasteiger charge is -2.25. The summed E-state index contributed by atoms with van der Waals surface area (Å²) in [5.41, 5.74) is 13.7. The summed E-state index contributed by atoms with van der Waals surface area (Å²) in [7, 11) is 0. The van der Waals surface area contributed by atoms with Crippen LogP contribution in [0.5, 0.6) is 17.2 Å². The van der Waals surface area contributed by atoms with Crippen LogP contribution in [0.15, 0.2) is 103 Å². The van der Waals surface area contributed by atoms with Crippen LogP contribution in [0, 0.1) is 0 Å². The number of hydrogen-bond acceptors (Lipinski definition) is 13. The highest BCUT2D eigenvalue weighted by Crippen LogP contribution is 2.49. The van der Waals surface area contributed by atoms with Crippen molar-refractivity contribution in [3.8, 4) is 17.2 Å².